The molecule has 7 heteroatoms. The zero-order valence-electron chi connectivity index (χ0n) is 20.7. The van der Waals surface area contributed by atoms with Crippen LogP contribution in [0.4, 0.5) is 10.1 Å². The topological polar surface area (TPSA) is 73.3 Å². The van der Waals surface area contributed by atoms with E-state index >= 15 is 0 Å². The molecule has 0 saturated carbocycles. The molecule has 184 valence electrons. The Kier molecular flexibility index (Phi) is 7.59. The fraction of sp³-hybridized carbons (Fsp3) is 0.207. The lowest BCUT2D eigenvalue weighted by Crippen LogP contribution is -2.13. The van der Waals surface area contributed by atoms with Gasteiger partial charge in [0.05, 0.1) is 31.8 Å². The number of benzene rings is 3. The number of carbonyl (C=O) groups is 1. The first kappa shape index (κ1) is 24.9. The average Bonchev–Trinajstić information content (AvgIpc) is 2.88. The van der Waals surface area contributed by atoms with E-state index in [1.165, 1.54) is 12.1 Å². The molecular formula is C29H28FN3O3. The van der Waals surface area contributed by atoms with Gasteiger partial charge in [0.1, 0.15) is 5.82 Å². The van der Waals surface area contributed by atoms with Gasteiger partial charge in [0.15, 0.2) is 11.5 Å². The molecule has 4 aromatic rings. The summed E-state index contributed by atoms with van der Waals surface area (Å²) in [5, 5.41) is 2.87. The van der Waals surface area contributed by atoms with E-state index in [-0.39, 0.29) is 17.4 Å². The van der Waals surface area contributed by atoms with Crippen LogP contribution in [0.15, 0.2) is 73.1 Å². The average molecular weight is 486 g/mol. The van der Waals surface area contributed by atoms with Crippen molar-refractivity contribution in [2.75, 3.05) is 19.5 Å². The highest BCUT2D eigenvalue weighted by Gasteiger charge is 2.13. The molecule has 0 saturated heterocycles. The number of ether oxygens (including phenoxy) is 2. The Morgan fingerprint density at radius 3 is 2.56 bits per heavy atom. The van der Waals surface area contributed by atoms with Gasteiger partial charge >= 0.3 is 0 Å². The van der Waals surface area contributed by atoms with E-state index in [0.29, 0.717) is 29.2 Å². The number of halogens is 1. The van der Waals surface area contributed by atoms with E-state index in [0.717, 1.165) is 22.5 Å². The summed E-state index contributed by atoms with van der Waals surface area (Å²) < 4.78 is 24.4. The number of nitrogens with zero attached hydrogens (tertiary/aromatic N) is 2. The molecule has 0 unspecified atom stereocenters. The predicted molar refractivity (Wildman–Crippen MR) is 138 cm³/mol. The van der Waals surface area contributed by atoms with Crippen LogP contribution in [0.2, 0.25) is 0 Å². The second-order valence-electron chi connectivity index (χ2n) is 8.67. The van der Waals surface area contributed by atoms with Crippen LogP contribution in [0.1, 0.15) is 40.0 Å². The van der Waals surface area contributed by atoms with Crippen molar-refractivity contribution in [3.63, 3.8) is 0 Å². The van der Waals surface area contributed by atoms with Crippen molar-refractivity contribution in [1.29, 1.82) is 0 Å². The van der Waals surface area contributed by atoms with Gasteiger partial charge < -0.3 is 14.8 Å². The molecule has 0 aliphatic carbocycles. The zero-order chi connectivity index (χ0) is 25.7. The summed E-state index contributed by atoms with van der Waals surface area (Å²) in [7, 11) is 3.20. The van der Waals surface area contributed by atoms with Crippen LogP contribution in [0.25, 0.3) is 11.3 Å². The molecule has 3 aromatic carbocycles. The number of amides is 1. The molecular weight excluding hydrogens is 457 g/mol. The number of nitrogens with one attached hydrogen (secondary N) is 1. The van der Waals surface area contributed by atoms with Crippen LogP contribution in [0.3, 0.4) is 0 Å². The molecule has 4 rings (SSSR count). The highest BCUT2D eigenvalue weighted by Crippen LogP contribution is 2.32. The van der Waals surface area contributed by atoms with Gasteiger partial charge in [-0.3, -0.25) is 9.78 Å². The number of carbonyl (C=O) groups excluding carboxylic acids is 1. The van der Waals surface area contributed by atoms with Crippen molar-refractivity contribution in [2.24, 2.45) is 0 Å². The molecule has 6 nitrogen and oxygen atoms in total. The number of aryl methyl sites for hydroxylation is 1. The normalized spacial score (nSPS) is 11.6. The smallest absolute Gasteiger partial charge is 0.255 e. The Morgan fingerprint density at radius 2 is 1.81 bits per heavy atom. The summed E-state index contributed by atoms with van der Waals surface area (Å²) in [5.41, 5.74) is 5.14. The Hall–Kier alpha value is -4.26. The van der Waals surface area contributed by atoms with Crippen molar-refractivity contribution in [1.82, 2.24) is 9.97 Å². The Bertz CT molecular complexity index is 1370. The third kappa shape index (κ3) is 5.86. The van der Waals surface area contributed by atoms with Gasteiger partial charge in [0.2, 0.25) is 0 Å². The van der Waals surface area contributed by atoms with Crippen LogP contribution in [0.5, 0.6) is 11.5 Å². The maximum atomic E-state index is 13.7. The van der Waals surface area contributed by atoms with Crippen molar-refractivity contribution in [2.45, 2.75) is 26.2 Å². The number of rotatable bonds is 8. The molecule has 0 aliphatic heterocycles. The highest BCUT2D eigenvalue weighted by atomic mass is 19.1. The maximum absolute atomic E-state index is 13.7. The predicted octanol–water partition coefficient (Wildman–Crippen LogP) is 6.21. The minimum atomic E-state index is -0.432. The molecule has 1 aromatic heterocycles. The van der Waals surface area contributed by atoms with Gasteiger partial charge in [-0.15, -0.1) is 0 Å². The second kappa shape index (κ2) is 11.0. The molecule has 1 heterocycles. The van der Waals surface area contributed by atoms with Crippen LogP contribution in [-0.2, 0) is 6.42 Å². The zero-order valence-corrected chi connectivity index (χ0v) is 20.7. The summed E-state index contributed by atoms with van der Waals surface area (Å²) in [6, 6.07) is 17.6. The van der Waals surface area contributed by atoms with E-state index < -0.39 is 5.82 Å². The lowest BCUT2D eigenvalue weighted by atomic mass is 9.95. The molecule has 36 heavy (non-hydrogen) atoms. The van der Waals surface area contributed by atoms with Crippen LogP contribution in [0, 0.1) is 12.7 Å². The van der Waals surface area contributed by atoms with Crippen molar-refractivity contribution >= 4 is 11.6 Å². The largest absolute Gasteiger partial charge is 0.493 e. The van der Waals surface area contributed by atoms with E-state index in [1.807, 2.05) is 42.5 Å². The van der Waals surface area contributed by atoms with Gasteiger partial charge in [-0.1, -0.05) is 19.1 Å². The molecule has 0 bridgehead atoms. The van der Waals surface area contributed by atoms with Crippen LogP contribution < -0.4 is 14.8 Å². The van der Waals surface area contributed by atoms with Gasteiger partial charge in [0, 0.05) is 23.0 Å². The third-order valence-electron chi connectivity index (χ3n) is 5.90. The SMILES string of the molecule is COc1ccc(-c2cncc(C[C@@H](C)c3cccc(NC(=O)c4cc(C)cc(F)c4)c3)n2)cc1OC. The highest BCUT2D eigenvalue weighted by molar-refractivity contribution is 6.04. The standard InChI is InChI=1S/C29H28FN3O3/c1-18-10-22(13-23(30)11-18)29(34)33-24-7-5-6-20(14-24)19(2)12-25-16-31-17-26(32-25)21-8-9-27(35-3)28(15-21)36-4/h5-11,13-17,19H,12H2,1-4H3,(H,33,34)/t19-/m1/s1. The molecule has 0 aliphatic rings. The number of aromatic nitrogens is 2. The van der Waals surface area contributed by atoms with E-state index in [2.05, 4.69) is 17.2 Å². The quantitative estimate of drug-likeness (QED) is 0.321. The van der Waals surface area contributed by atoms with Crippen LogP contribution >= 0.6 is 0 Å². The lowest BCUT2D eigenvalue weighted by molar-refractivity contribution is 0.102. The first-order valence-corrected chi connectivity index (χ1v) is 11.6. The Labute approximate surface area is 210 Å². The minimum absolute atomic E-state index is 0.119. The number of hydrogen-bond acceptors (Lipinski definition) is 5. The first-order valence-electron chi connectivity index (χ1n) is 11.6. The van der Waals surface area contributed by atoms with Crippen molar-refractivity contribution < 1.29 is 18.7 Å². The fourth-order valence-corrected chi connectivity index (χ4v) is 4.06. The second-order valence-corrected chi connectivity index (χ2v) is 8.67. The molecule has 1 atom stereocenters. The van der Waals surface area contributed by atoms with Gasteiger partial charge in [-0.05, 0) is 78.9 Å². The number of hydrogen-bond donors (Lipinski definition) is 1. The molecule has 1 N–H and O–H groups in total. The number of methoxy groups -OCH3 is 2. The Morgan fingerprint density at radius 1 is 1.00 bits per heavy atom. The number of anilines is 1. The molecule has 1 amide bonds. The van der Waals surface area contributed by atoms with Gasteiger partial charge in [-0.25, -0.2) is 9.37 Å². The summed E-state index contributed by atoms with van der Waals surface area (Å²) in [4.78, 5) is 21.8. The molecule has 0 radical (unpaired) electrons. The van der Waals surface area contributed by atoms with Crippen molar-refractivity contribution in [3.8, 4) is 22.8 Å². The summed E-state index contributed by atoms with van der Waals surface area (Å²) >= 11 is 0. The fourth-order valence-electron chi connectivity index (χ4n) is 4.06. The van der Waals surface area contributed by atoms with Gasteiger partial charge in [-0.2, -0.15) is 0 Å². The Balaban J connectivity index is 1.49. The first-order chi connectivity index (χ1) is 17.4. The third-order valence-corrected chi connectivity index (χ3v) is 5.90. The van der Waals surface area contributed by atoms with Crippen molar-refractivity contribution in [3.05, 3.63) is 101 Å². The molecule has 0 spiro atoms. The maximum Gasteiger partial charge on any atom is 0.255 e. The summed E-state index contributed by atoms with van der Waals surface area (Å²) in [6.07, 6.45) is 4.15. The molecule has 0 fully saturated rings. The van der Waals surface area contributed by atoms with E-state index in [4.69, 9.17) is 14.5 Å². The minimum Gasteiger partial charge on any atom is -0.493 e. The van der Waals surface area contributed by atoms with E-state index in [9.17, 15) is 9.18 Å². The van der Waals surface area contributed by atoms with Gasteiger partial charge in [0.25, 0.3) is 5.91 Å². The monoisotopic (exact) mass is 485 g/mol. The summed E-state index contributed by atoms with van der Waals surface area (Å²) in [6.45, 7) is 3.85. The summed E-state index contributed by atoms with van der Waals surface area (Å²) in [5.74, 6) is 0.615. The van der Waals surface area contributed by atoms with Crippen LogP contribution in [-0.4, -0.2) is 30.1 Å². The lowest BCUT2D eigenvalue weighted by Gasteiger charge is -2.14. The van der Waals surface area contributed by atoms with E-state index in [1.54, 1.807) is 39.6 Å².